The van der Waals surface area contributed by atoms with Crippen LogP contribution in [0.1, 0.15) is 23.3 Å². The number of carbonyl (C=O) groups is 1. The summed E-state index contributed by atoms with van der Waals surface area (Å²) in [4.78, 5) is 22.0. The van der Waals surface area contributed by atoms with Gasteiger partial charge >= 0.3 is 5.97 Å². The molecule has 0 aliphatic heterocycles. The van der Waals surface area contributed by atoms with Gasteiger partial charge < -0.3 is 10.2 Å². The van der Waals surface area contributed by atoms with Crippen LogP contribution < -0.4 is 21.2 Å². The Kier molecular flexibility index (Phi) is 17.6. The van der Waals surface area contributed by atoms with Crippen LogP contribution in [0.4, 0.5) is 0 Å². The van der Waals surface area contributed by atoms with Gasteiger partial charge in [0, 0.05) is 38.1 Å². The van der Waals surface area contributed by atoms with Crippen LogP contribution in [-0.4, -0.2) is 43.5 Å². The van der Waals surface area contributed by atoms with Crippen molar-refractivity contribution in [2.75, 3.05) is 12.3 Å². The minimum absolute atomic E-state index is 0. The summed E-state index contributed by atoms with van der Waals surface area (Å²) in [6.07, 6.45) is 10.0. The van der Waals surface area contributed by atoms with Crippen LogP contribution in [0.2, 0.25) is 0 Å². The maximum atomic E-state index is 10.2. The number of hydrogen-bond donors (Lipinski definition) is 2. The van der Waals surface area contributed by atoms with Gasteiger partial charge in [-0.1, -0.05) is 84.9 Å². The largest absolute Gasteiger partial charge is 0.505 e. The number of carboxylic acids is 1. The molecule has 0 radical (unpaired) electrons. The maximum absolute atomic E-state index is 10.2. The van der Waals surface area contributed by atoms with E-state index in [1.807, 2.05) is 36.4 Å². The average Bonchev–Trinajstić information content (AvgIpc) is 3.22. The molecule has 0 atom stereocenters. The Balaban J connectivity index is 0.000000222. The van der Waals surface area contributed by atoms with E-state index in [0.29, 0.717) is 0 Å². The molecule has 0 saturated heterocycles. The Morgan fingerprint density at radius 3 is 1.08 bits per heavy atom. The summed E-state index contributed by atoms with van der Waals surface area (Å²) in [5, 5.41) is 23.3. The molecule has 268 valence electrons. The summed E-state index contributed by atoms with van der Waals surface area (Å²) in [5.41, 5.74) is 1.51. The molecule has 0 aliphatic carbocycles. The fourth-order valence-corrected chi connectivity index (χ4v) is 11.1. The number of aromatic nitrogens is 3. The minimum Gasteiger partial charge on any atom is -0.505 e. The van der Waals surface area contributed by atoms with Crippen molar-refractivity contribution in [3.05, 3.63) is 194 Å². The molecule has 0 aliphatic rings. The molecular formula is C44H43N3O3P2Ru+2. The Morgan fingerprint density at radius 1 is 0.453 bits per heavy atom. The first-order chi connectivity index (χ1) is 25.6. The molecule has 0 bridgehead atoms. The summed E-state index contributed by atoms with van der Waals surface area (Å²) >= 11 is 0. The van der Waals surface area contributed by atoms with E-state index >= 15 is 0 Å². The van der Waals surface area contributed by atoms with Gasteiger partial charge in [0.15, 0.2) is 5.69 Å². The van der Waals surface area contributed by atoms with Gasteiger partial charge in [-0.25, -0.2) is 9.78 Å². The molecular weight excluding hydrogens is 782 g/mol. The third kappa shape index (κ3) is 13.2. The molecule has 0 fully saturated rings. The second-order valence-electron chi connectivity index (χ2n) is 11.7. The molecule has 53 heavy (non-hydrogen) atoms. The standard InChI is InChI=1S/C28H28P2.C10H8N2.C6H5NO3.Ru/c1-5-15-25(16-6-1)29(26-17-7-2-8-18-26)23-13-14-24-30(27-19-9-3-10-20-27)28-21-11-4-12-22-28;1-3-7-11-9(5-1)10-6-2-4-8-12-10;8-4-2-1-3-7-5(4)6(9)10;/h1-12,15-22H,13-14,23-24H2;1-8H;1-3,8H,(H,9,10);/p+2. The fourth-order valence-electron chi connectivity index (χ4n) is 5.66. The van der Waals surface area contributed by atoms with Crippen LogP contribution in [0.5, 0.6) is 5.75 Å². The number of aromatic hydroxyl groups is 1. The number of rotatable bonds is 11. The molecule has 0 unspecified atom stereocenters. The molecule has 2 N–H and O–H groups in total. The molecule has 0 saturated carbocycles. The normalized spacial score (nSPS) is 10.2. The molecule has 6 nitrogen and oxygen atoms in total. The number of aromatic carboxylic acids is 1. The molecule has 7 aromatic rings. The number of nitrogens with zero attached hydrogens (tertiary/aromatic N) is 3. The van der Waals surface area contributed by atoms with Gasteiger partial charge in [0.2, 0.25) is 0 Å². The van der Waals surface area contributed by atoms with E-state index < -0.39 is 21.8 Å². The fraction of sp³-hybridized carbons (Fsp3) is 0.0909. The molecule has 3 heterocycles. The van der Waals surface area contributed by atoms with E-state index in [1.165, 1.54) is 64.7 Å². The van der Waals surface area contributed by atoms with E-state index in [2.05, 4.69) is 136 Å². The number of benzene rings is 4. The smallest absolute Gasteiger partial charge is 0.358 e. The SMILES string of the molecule is O=C(O)c1ncccc1O.[Ru].c1ccc(-c2ccccn2)nc1.c1ccc([PH+](CCCC[PH+](c2ccccc2)c2ccccc2)c2ccccc2)cc1. The van der Waals surface area contributed by atoms with Gasteiger partial charge in [0.1, 0.15) is 5.75 Å². The van der Waals surface area contributed by atoms with E-state index in [9.17, 15) is 4.79 Å². The van der Waals surface area contributed by atoms with E-state index in [0.717, 1.165) is 11.4 Å². The minimum atomic E-state index is -1.22. The molecule has 0 amide bonds. The van der Waals surface area contributed by atoms with Crippen LogP contribution in [0.3, 0.4) is 0 Å². The Morgan fingerprint density at radius 2 is 0.792 bits per heavy atom. The zero-order valence-electron chi connectivity index (χ0n) is 29.2. The van der Waals surface area contributed by atoms with Gasteiger partial charge in [0.05, 0.1) is 60.8 Å². The summed E-state index contributed by atoms with van der Waals surface area (Å²) < 4.78 is 0. The predicted molar refractivity (Wildman–Crippen MR) is 220 cm³/mol. The second-order valence-corrected chi connectivity index (χ2v) is 17.0. The van der Waals surface area contributed by atoms with Crippen molar-refractivity contribution in [3.8, 4) is 17.1 Å². The third-order valence-electron chi connectivity index (χ3n) is 8.17. The summed E-state index contributed by atoms with van der Waals surface area (Å²) in [5.74, 6) is -1.53. The molecule has 7 rings (SSSR count). The first kappa shape index (κ1) is 40.8. The van der Waals surface area contributed by atoms with Crippen molar-refractivity contribution < 1.29 is 34.5 Å². The summed E-state index contributed by atoms with van der Waals surface area (Å²) in [6.45, 7) is 0. The van der Waals surface area contributed by atoms with Crippen LogP contribution >= 0.6 is 15.8 Å². The Labute approximate surface area is 327 Å². The number of hydrogen-bond acceptors (Lipinski definition) is 5. The quantitative estimate of drug-likeness (QED) is 0.0778. The van der Waals surface area contributed by atoms with Crippen LogP contribution in [-0.2, 0) is 19.5 Å². The van der Waals surface area contributed by atoms with E-state index in [1.54, 1.807) is 12.4 Å². The zero-order chi connectivity index (χ0) is 36.2. The van der Waals surface area contributed by atoms with Crippen LogP contribution in [0, 0.1) is 0 Å². The van der Waals surface area contributed by atoms with Crippen LogP contribution in [0.25, 0.3) is 11.4 Å². The molecule has 3 aromatic heterocycles. The third-order valence-corrected chi connectivity index (χ3v) is 14.0. The van der Waals surface area contributed by atoms with Crippen LogP contribution in [0.15, 0.2) is 188 Å². The number of carboxylic acid groups (broad SMARTS) is 1. The van der Waals surface area contributed by atoms with Gasteiger partial charge in [-0.05, 0) is 97.8 Å². The monoisotopic (exact) mass is 825 g/mol. The Bertz CT molecular complexity index is 1830. The summed E-state index contributed by atoms with van der Waals surface area (Å²) in [7, 11) is -1.43. The first-order valence-corrected chi connectivity index (χ1v) is 20.6. The zero-order valence-corrected chi connectivity index (χ0v) is 33.0. The average molecular weight is 825 g/mol. The first-order valence-electron chi connectivity index (χ1n) is 17.2. The van der Waals surface area contributed by atoms with Crippen molar-refractivity contribution in [3.63, 3.8) is 0 Å². The van der Waals surface area contributed by atoms with Crippen molar-refractivity contribution in [1.29, 1.82) is 0 Å². The number of pyridine rings is 3. The molecule has 0 spiro atoms. The van der Waals surface area contributed by atoms with Gasteiger partial charge in [-0.3, -0.25) is 9.97 Å². The number of unbranched alkanes of at least 4 members (excludes halogenated alkanes) is 1. The van der Waals surface area contributed by atoms with Gasteiger partial charge in [0.25, 0.3) is 0 Å². The van der Waals surface area contributed by atoms with Gasteiger partial charge in [-0.15, -0.1) is 0 Å². The van der Waals surface area contributed by atoms with Gasteiger partial charge in [-0.2, -0.15) is 0 Å². The maximum Gasteiger partial charge on any atom is 0.358 e. The van der Waals surface area contributed by atoms with Crippen molar-refractivity contribution in [1.82, 2.24) is 15.0 Å². The molecule has 4 aromatic carbocycles. The second kappa shape index (κ2) is 22.9. The van der Waals surface area contributed by atoms with E-state index in [4.69, 9.17) is 10.2 Å². The topological polar surface area (TPSA) is 96.2 Å². The Hall–Kier alpha value is -4.92. The summed E-state index contributed by atoms with van der Waals surface area (Å²) in [6, 6.07) is 58.9. The molecule has 9 heteroatoms. The predicted octanol–water partition coefficient (Wildman–Crippen LogP) is 8.12. The van der Waals surface area contributed by atoms with E-state index in [-0.39, 0.29) is 30.9 Å². The van der Waals surface area contributed by atoms with Crippen molar-refractivity contribution >= 4 is 43.0 Å². The van der Waals surface area contributed by atoms with Crippen molar-refractivity contribution in [2.24, 2.45) is 0 Å². The van der Waals surface area contributed by atoms with Crippen molar-refractivity contribution in [2.45, 2.75) is 12.8 Å².